The largest absolute Gasteiger partial charge is 0.395 e. The van der Waals surface area contributed by atoms with Gasteiger partial charge in [0, 0.05) is 38.0 Å². The van der Waals surface area contributed by atoms with Crippen LogP contribution in [0.4, 0.5) is 5.69 Å². The fourth-order valence-corrected chi connectivity index (χ4v) is 6.25. The third-order valence-electron chi connectivity index (χ3n) is 6.18. The molecule has 3 aliphatic rings. The number of H-pyrrole nitrogens is 1. The van der Waals surface area contributed by atoms with Gasteiger partial charge in [0.2, 0.25) is 0 Å². The van der Waals surface area contributed by atoms with Gasteiger partial charge >= 0.3 is 0 Å². The number of aromatic nitrogens is 2. The Hall–Kier alpha value is -0.410. The van der Waals surface area contributed by atoms with E-state index in [0.29, 0.717) is 17.5 Å². The number of nitrogens with zero attached hydrogens (tertiary/aromatic N) is 3. The molecule has 0 spiro atoms. The van der Waals surface area contributed by atoms with Gasteiger partial charge in [0.1, 0.15) is 0 Å². The van der Waals surface area contributed by atoms with Crippen molar-refractivity contribution in [1.82, 2.24) is 14.9 Å². The SMILES string of the molecule is Cl.Cl.OCCN1CCN(c2cc3[nH]c(S[C@H]4C[C@H]5CC[C@@H](C4)O5)nc3cc2Cl)CC1. The fourth-order valence-electron chi connectivity index (χ4n) is 4.71. The van der Waals surface area contributed by atoms with Crippen molar-refractivity contribution in [1.29, 1.82) is 0 Å². The molecule has 2 aromatic rings. The van der Waals surface area contributed by atoms with E-state index in [1.165, 1.54) is 12.8 Å². The summed E-state index contributed by atoms with van der Waals surface area (Å²) < 4.78 is 5.96. The molecular formula is C20H29Cl3N4O2S. The van der Waals surface area contributed by atoms with Gasteiger partial charge < -0.3 is 19.7 Å². The summed E-state index contributed by atoms with van der Waals surface area (Å²) in [6, 6.07) is 4.13. The molecule has 3 atom stereocenters. The number of rotatable bonds is 5. The first-order chi connectivity index (χ1) is 13.7. The molecule has 3 aliphatic heterocycles. The van der Waals surface area contributed by atoms with Gasteiger partial charge in [-0.3, -0.25) is 4.90 Å². The number of piperazine rings is 1. The average molecular weight is 496 g/mol. The Morgan fingerprint density at radius 1 is 1.13 bits per heavy atom. The van der Waals surface area contributed by atoms with Gasteiger partial charge in [-0.25, -0.2) is 4.98 Å². The lowest BCUT2D eigenvalue weighted by atomic mass is 10.1. The van der Waals surface area contributed by atoms with Gasteiger partial charge in [-0.05, 0) is 37.8 Å². The minimum atomic E-state index is 0. The highest BCUT2D eigenvalue weighted by atomic mass is 35.5. The summed E-state index contributed by atoms with van der Waals surface area (Å²) in [7, 11) is 0. The molecule has 1 aromatic heterocycles. The smallest absolute Gasteiger partial charge is 0.166 e. The van der Waals surface area contributed by atoms with Crippen LogP contribution in [0.15, 0.2) is 17.3 Å². The normalized spacial score (nSPS) is 26.5. The van der Waals surface area contributed by atoms with Crippen molar-refractivity contribution >= 4 is 64.9 Å². The molecule has 30 heavy (non-hydrogen) atoms. The minimum absolute atomic E-state index is 0. The molecule has 0 saturated carbocycles. The van der Waals surface area contributed by atoms with E-state index < -0.39 is 0 Å². The van der Waals surface area contributed by atoms with E-state index in [-0.39, 0.29) is 31.4 Å². The van der Waals surface area contributed by atoms with Gasteiger partial charge in [-0.2, -0.15) is 0 Å². The van der Waals surface area contributed by atoms with Crippen LogP contribution in [0.1, 0.15) is 25.7 Å². The van der Waals surface area contributed by atoms with Crippen LogP contribution in [-0.4, -0.2) is 76.8 Å². The monoisotopic (exact) mass is 494 g/mol. The molecule has 0 aliphatic carbocycles. The second kappa shape index (κ2) is 10.5. The van der Waals surface area contributed by atoms with E-state index in [2.05, 4.69) is 20.9 Å². The first-order valence-electron chi connectivity index (χ1n) is 10.3. The standard InChI is InChI=1S/C20H27ClN4O2S.2ClH/c21-16-11-17-18(12-19(16)25-5-3-24(4-6-25)7-8-26)23-20(22-17)28-15-9-13-1-2-14(10-15)27-13;;/h11-15,26H,1-10H2,(H,22,23);2*1H/t13-,14+,15+;;. The molecule has 0 unspecified atom stereocenters. The van der Waals surface area contributed by atoms with E-state index >= 15 is 0 Å². The number of hydrogen-bond donors (Lipinski definition) is 2. The number of β-amino-alcohol motifs (C(OH)–C–C–N with tert-alkyl or cyclic N) is 1. The zero-order valence-corrected chi connectivity index (χ0v) is 20.0. The van der Waals surface area contributed by atoms with Crippen molar-refractivity contribution < 1.29 is 9.84 Å². The number of thioether (sulfide) groups is 1. The Labute approximate surface area is 198 Å². The Bertz CT molecular complexity index is 835. The van der Waals surface area contributed by atoms with E-state index in [1.807, 2.05) is 17.8 Å². The predicted octanol–water partition coefficient (Wildman–Crippen LogP) is 3.98. The number of aromatic amines is 1. The van der Waals surface area contributed by atoms with Crippen LogP contribution < -0.4 is 4.90 Å². The van der Waals surface area contributed by atoms with Crippen LogP contribution >= 0.6 is 48.2 Å². The third kappa shape index (κ3) is 5.14. The van der Waals surface area contributed by atoms with Crippen molar-refractivity contribution in [3.8, 4) is 0 Å². The molecule has 5 rings (SSSR count). The Balaban J connectivity index is 0.00000128. The van der Waals surface area contributed by atoms with Crippen molar-refractivity contribution in [2.45, 2.75) is 48.3 Å². The molecule has 0 amide bonds. The number of ether oxygens (including phenoxy) is 1. The van der Waals surface area contributed by atoms with Crippen molar-refractivity contribution in [3.05, 3.63) is 17.2 Å². The highest BCUT2D eigenvalue weighted by Crippen LogP contribution is 2.40. The van der Waals surface area contributed by atoms with Crippen molar-refractivity contribution in [2.24, 2.45) is 0 Å². The van der Waals surface area contributed by atoms with E-state index in [1.54, 1.807) is 0 Å². The van der Waals surface area contributed by atoms with Crippen LogP contribution in [0.2, 0.25) is 5.02 Å². The molecular weight excluding hydrogens is 467 g/mol. The number of halogens is 3. The lowest BCUT2D eigenvalue weighted by Gasteiger charge is -2.36. The quantitative estimate of drug-likeness (QED) is 0.654. The number of imidazole rings is 1. The molecule has 3 fully saturated rings. The van der Waals surface area contributed by atoms with Gasteiger partial charge in [-0.15, -0.1) is 24.8 Å². The molecule has 1 aromatic carbocycles. The zero-order valence-electron chi connectivity index (χ0n) is 16.8. The second-order valence-corrected chi connectivity index (χ2v) is 9.78. The summed E-state index contributed by atoms with van der Waals surface area (Å²) in [4.78, 5) is 12.9. The fraction of sp³-hybridized carbons (Fsp3) is 0.650. The Morgan fingerprint density at radius 2 is 1.83 bits per heavy atom. The Morgan fingerprint density at radius 3 is 2.50 bits per heavy atom. The number of aliphatic hydroxyl groups is 1. The summed E-state index contributed by atoms with van der Waals surface area (Å²) in [6.07, 6.45) is 5.58. The molecule has 2 bridgehead atoms. The van der Waals surface area contributed by atoms with E-state index in [0.717, 1.165) is 72.5 Å². The highest BCUT2D eigenvalue weighted by Gasteiger charge is 2.35. The summed E-state index contributed by atoms with van der Waals surface area (Å²) in [5, 5.41) is 11.5. The minimum Gasteiger partial charge on any atom is -0.395 e. The number of hydrogen-bond acceptors (Lipinski definition) is 6. The van der Waals surface area contributed by atoms with Crippen molar-refractivity contribution in [3.63, 3.8) is 0 Å². The van der Waals surface area contributed by atoms with Crippen LogP contribution in [0.5, 0.6) is 0 Å². The molecule has 2 N–H and O–H groups in total. The maximum atomic E-state index is 9.12. The lowest BCUT2D eigenvalue weighted by Crippen LogP contribution is -2.47. The van der Waals surface area contributed by atoms with Crippen LogP contribution in [0.3, 0.4) is 0 Å². The van der Waals surface area contributed by atoms with E-state index in [9.17, 15) is 0 Å². The topological polar surface area (TPSA) is 64.6 Å². The predicted molar refractivity (Wildman–Crippen MR) is 128 cm³/mol. The molecule has 6 nitrogen and oxygen atoms in total. The summed E-state index contributed by atoms with van der Waals surface area (Å²) in [6.45, 7) is 4.71. The van der Waals surface area contributed by atoms with E-state index in [4.69, 9.17) is 26.4 Å². The van der Waals surface area contributed by atoms with Crippen LogP contribution in [0.25, 0.3) is 11.0 Å². The molecule has 10 heteroatoms. The van der Waals surface area contributed by atoms with Gasteiger partial charge in [0.25, 0.3) is 0 Å². The summed E-state index contributed by atoms with van der Waals surface area (Å²) >= 11 is 8.47. The first-order valence-corrected chi connectivity index (χ1v) is 11.5. The molecule has 3 saturated heterocycles. The number of benzene rings is 1. The van der Waals surface area contributed by atoms with Crippen LogP contribution in [0, 0.1) is 0 Å². The maximum Gasteiger partial charge on any atom is 0.166 e. The Kier molecular flexibility index (Phi) is 8.46. The lowest BCUT2D eigenvalue weighted by molar-refractivity contribution is 0.00861. The van der Waals surface area contributed by atoms with Crippen molar-refractivity contribution in [2.75, 3.05) is 44.2 Å². The average Bonchev–Trinajstić information content (AvgIpc) is 3.23. The van der Waals surface area contributed by atoms with Gasteiger partial charge in [-0.1, -0.05) is 23.4 Å². The highest BCUT2D eigenvalue weighted by molar-refractivity contribution is 7.99. The summed E-state index contributed by atoms with van der Waals surface area (Å²) in [5.41, 5.74) is 3.06. The summed E-state index contributed by atoms with van der Waals surface area (Å²) in [5.74, 6) is 0. The van der Waals surface area contributed by atoms with Gasteiger partial charge in [0.05, 0.1) is 40.6 Å². The molecule has 0 radical (unpaired) electrons. The molecule has 168 valence electrons. The molecule has 4 heterocycles. The third-order valence-corrected chi connectivity index (χ3v) is 7.62. The van der Waals surface area contributed by atoms with Crippen LogP contribution in [-0.2, 0) is 4.74 Å². The second-order valence-electron chi connectivity index (χ2n) is 8.08. The number of fused-ring (bicyclic) bond motifs is 3. The first kappa shape index (κ1) is 24.2. The number of anilines is 1. The maximum absolute atomic E-state index is 9.12. The van der Waals surface area contributed by atoms with Gasteiger partial charge in [0.15, 0.2) is 5.16 Å². The number of aliphatic hydroxyl groups excluding tert-OH is 1. The number of nitrogens with one attached hydrogen (secondary N) is 1. The zero-order chi connectivity index (χ0) is 19.1.